The lowest BCUT2D eigenvalue weighted by molar-refractivity contribution is -0.141. The van der Waals surface area contributed by atoms with Crippen LogP contribution in [-0.4, -0.2) is 21.8 Å². The average molecular weight is 269 g/mol. The Labute approximate surface area is 106 Å². The third-order valence-corrected chi connectivity index (χ3v) is 2.93. The highest BCUT2D eigenvalue weighted by Gasteiger charge is 2.33. The van der Waals surface area contributed by atoms with Gasteiger partial charge in [0, 0.05) is 17.3 Å². The second-order valence-corrected chi connectivity index (χ2v) is 4.30. The number of fused-ring (bicyclic) bond motifs is 1. The number of aryl methyl sites for hydroxylation is 1. The van der Waals surface area contributed by atoms with E-state index in [9.17, 15) is 13.2 Å². The van der Waals surface area contributed by atoms with Crippen LogP contribution in [0.15, 0.2) is 18.3 Å². The highest BCUT2D eigenvalue weighted by molar-refractivity contribution is 5.60. The van der Waals surface area contributed by atoms with Gasteiger partial charge in [-0.2, -0.15) is 18.3 Å². The maximum Gasteiger partial charge on any atom is 0.432 e. The number of rotatable bonds is 1. The molecule has 0 radical (unpaired) electrons. The lowest BCUT2D eigenvalue weighted by Crippen LogP contribution is -2.09. The van der Waals surface area contributed by atoms with Crippen LogP contribution >= 0.6 is 0 Å². The Morgan fingerprint density at radius 3 is 2.84 bits per heavy atom. The molecule has 0 fully saturated rings. The number of nitrogens with zero attached hydrogens (tertiary/aromatic N) is 2. The molecule has 0 atom stereocenters. The van der Waals surface area contributed by atoms with Crippen molar-refractivity contribution < 1.29 is 17.9 Å². The molecule has 0 saturated heterocycles. The van der Waals surface area contributed by atoms with Gasteiger partial charge < -0.3 is 4.74 Å². The second kappa shape index (κ2) is 4.25. The van der Waals surface area contributed by atoms with Crippen molar-refractivity contribution in [2.45, 2.75) is 19.0 Å². The molecule has 0 unspecified atom stereocenters. The number of aromatic amines is 1. The SMILES string of the molecule is FC(F)(F)c1cc(-c2cnc3c(c2)CCCO3)n[nH]1. The Morgan fingerprint density at radius 1 is 1.26 bits per heavy atom. The van der Waals surface area contributed by atoms with Crippen LogP contribution in [-0.2, 0) is 12.6 Å². The molecule has 2 aromatic rings. The van der Waals surface area contributed by atoms with Crippen molar-refractivity contribution in [3.63, 3.8) is 0 Å². The Kier molecular flexibility index (Phi) is 2.69. The van der Waals surface area contributed by atoms with E-state index >= 15 is 0 Å². The van der Waals surface area contributed by atoms with Gasteiger partial charge in [-0.1, -0.05) is 0 Å². The van der Waals surface area contributed by atoms with Crippen molar-refractivity contribution in [2.24, 2.45) is 0 Å². The Morgan fingerprint density at radius 2 is 2.11 bits per heavy atom. The summed E-state index contributed by atoms with van der Waals surface area (Å²) in [5.74, 6) is 0.557. The molecular formula is C12H10F3N3O. The Balaban J connectivity index is 1.96. The summed E-state index contributed by atoms with van der Waals surface area (Å²) in [6.45, 7) is 0.625. The summed E-state index contributed by atoms with van der Waals surface area (Å²) < 4.78 is 42.8. The fourth-order valence-electron chi connectivity index (χ4n) is 1.99. The summed E-state index contributed by atoms with van der Waals surface area (Å²) in [5.41, 5.74) is 0.820. The standard InChI is InChI=1S/C12H10F3N3O/c13-12(14,15)10-5-9(17-18-10)8-4-7-2-1-3-19-11(7)16-6-8/h4-6H,1-3H2,(H,17,18). The first-order chi connectivity index (χ1) is 9.04. The van der Waals surface area contributed by atoms with Gasteiger partial charge in [0.2, 0.25) is 5.88 Å². The molecule has 4 nitrogen and oxygen atoms in total. The molecule has 0 aliphatic carbocycles. The molecule has 1 N–H and O–H groups in total. The number of hydrogen-bond donors (Lipinski definition) is 1. The van der Waals surface area contributed by atoms with Crippen molar-refractivity contribution in [1.82, 2.24) is 15.2 Å². The summed E-state index contributed by atoms with van der Waals surface area (Å²) in [4.78, 5) is 4.11. The molecule has 2 aromatic heterocycles. The number of aromatic nitrogens is 3. The van der Waals surface area contributed by atoms with E-state index in [1.807, 2.05) is 5.10 Å². The van der Waals surface area contributed by atoms with E-state index in [-0.39, 0.29) is 5.69 Å². The second-order valence-electron chi connectivity index (χ2n) is 4.30. The van der Waals surface area contributed by atoms with Crippen LogP contribution < -0.4 is 4.74 Å². The molecule has 3 rings (SSSR count). The van der Waals surface area contributed by atoms with Gasteiger partial charge in [-0.3, -0.25) is 5.10 Å². The predicted molar refractivity (Wildman–Crippen MR) is 60.6 cm³/mol. The lowest BCUT2D eigenvalue weighted by Gasteiger charge is -2.15. The summed E-state index contributed by atoms with van der Waals surface area (Å²) >= 11 is 0. The zero-order chi connectivity index (χ0) is 13.5. The minimum Gasteiger partial charge on any atom is -0.477 e. The van der Waals surface area contributed by atoms with Crippen LogP contribution in [0.1, 0.15) is 17.7 Å². The van der Waals surface area contributed by atoms with Crippen LogP contribution in [0.3, 0.4) is 0 Å². The van der Waals surface area contributed by atoms with Gasteiger partial charge in [0.15, 0.2) is 0 Å². The number of alkyl halides is 3. The van der Waals surface area contributed by atoms with Gasteiger partial charge in [0.25, 0.3) is 0 Å². The van der Waals surface area contributed by atoms with Crippen LogP contribution in [0, 0.1) is 0 Å². The van der Waals surface area contributed by atoms with Crippen molar-refractivity contribution in [2.75, 3.05) is 6.61 Å². The van der Waals surface area contributed by atoms with Gasteiger partial charge in [-0.05, 0) is 25.0 Å². The molecule has 0 bridgehead atoms. The third-order valence-electron chi connectivity index (χ3n) is 2.93. The summed E-state index contributed by atoms with van der Waals surface area (Å²) in [5, 5.41) is 5.67. The maximum absolute atomic E-state index is 12.5. The van der Waals surface area contributed by atoms with Gasteiger partial charge >= 0.3 is 6.18 Å². The van der Waals surface area contributed by atoms with E-state index in [1.165, 1.54) is 6.20 Å². The minimum absolute atomic E-state index is 0.230. The Hall–Kier alpha value is -2.05. The summed E-state index contributed by atoms with van der Waals surface area (Å²) in [7, 11) is 0. The third kappa shape index (κ3) is 2.27. The molecule has 100 valence electrons. The van der Waals surface area contributed by atoms with E-state index in [4.69, 9.17) is 4.74 Å². The maximum atomic E-state index is 12.5. The van der Waals surface area contributed by atoms with Gasteiger partial charge in [-0.25, -0.2) is 4.98 Å². The molecule has 0 spiro atoms. The number of hydrogen-bond acceptors (Lipinski definition) is 3. The largest absolute Gasteiger partial charge is 0.477 e. The monoisotopic (exact) mass is 269 g/mol. The predicted octanol–water partition coefficient (Wildman–Crippen LogP) is 2.82. The molecule has 0 amide bonds. The van der Waals surface area contributed by atoms with E-state index in [1.54, 1.807) is 6.07 Å². The van der Waals surface area contributed by atoms with Gasteiger partial charge in [0.1, 0.15) is 5.69 Å². The summed E-state index contributed by atoms with van der Waals surface area (Å²) in [6.07, 6.45) is -1.25. The van der Waals surface area contributed by atoms with E-state index in [2.05, 4.69) is 10.1 Å². The normalized spacial score (nSPS) is 14.9. The molecule has 3 heterocycles. The topological polar surface area (TPSA) is 50.8 Å². The number of nitrogens with one attached hydrogen (secondary N) is 1. The van der Waals surface area contributed by atoms with Crippen LogP contribution in [0.4, 0.5) is 13.2 Å². The van der Waals surface area contributed by atoms with E-state index in [0.717, 1.165) is 24.5 Å². The van der Waals surface area contributed by atoms with E-state index in [0.29, 0.717) is 18.1 Å². The van der Waals surface area contributed by atoms with Gasteiger partial charge in [0.05, 0.1) is 12.3 Å². The first-order valence-electron chi connectivity index (χ1n) is 5.79. The highest BCUT2D eigenvalue weighted by Crippen LogP contribution is 2.31. The van der Waals surface area contributed by atoms with Crippen LogP contribution in [0.5, 0.6) is 5.88 Å². The summed E-state index contributed by atoms with van der Waals surface area (Å²) in [6, 6.07) is 2.75. The van der Waals surface area contributed by atoms with E-state index < -0.39 is 11.9 Å². The first kappa shape index (κ1) is 12.0. The fraction of sp³-hybridized carbons (Fsp3) is 0.333. The molecular weight excluding hydrogens is 259 g/mol. The first-order valence-corrected chi connectivity index (χ1v) is 5.79. The highest BCUT2D eigenvalue weighted by atomic mass is 19.4. The van der Waals surface area contributed by atoms with Crippen molar-refractivity contribution in [3.05, 3.63) is 29.6 Å². The Bertz CT molecular complexity index is 607. The van der Waals surface area contributed by atoms with Gasteiger partial charge in [-0.15, -0.1) is 0 Å². The molecule has 1 aliphatic heterocycles. The molecule has 0 aromatic carbocycles. The zero-order valence-electron chi connectivity index (χ0n) is 9.79. The lowest BCUT2D eigenvalue weighted by atomic mass is 10.1. The number of pyridine rings is 1. The van der Waals surface area contributed by atoms with Crippen molar-refractivity contribution in [1.29, 1.82) is 0 Å². The molecule has 19 heavy (non-hydrogen) atoms. The zero-order valence-corrected chi connectivity index (χ0v) is 9.79. The number of ether oxygens (including phenoxy) is 1. The van der Waals surface area contributed by atoms with Crippen LogP contribution in [0.25, 0.3) is 11.3 Å². The molecule has 7 heteroatoms. The molecule has 1 aliphatic rings. The minimum atomic E-state index is -4.42. The number of H-pyrrole nitrogens is 1. The average Bonchev–Trinajstić information content (AvgIpc) is 2.87. The quantitative estimate of drug-likeness (QED) is 0.866. The fourth-order valence-corrected chi connectivity index (χ4v) is 1.99. The molecule has 0 saturated carbocycles. The van der Waals surface area contributed by atoms with Crippen molar-refractivity contribution >= 4 is 0 Å². The number of halogens is 3. The van der Waals surface area contributed by atoms with Crippen molar-refractivity contribution in [3.8, 4) is 17.1 Å². The van der Waals surface area contributed by atoms with Crippen LogP contribution in [0.2, 0.25) is 0 Å². The smallest absolute Gasteiger partial charge is 0.432 e.